The Morgan fingerprint density at radius 3 is 2.84 bits per heavy atom. The van der Waals surface area contributed by atoms with E-state index in [1.54, 1.807) is 24.0 Å². The van der Waals surface area contributed by atoms with Crippen molar-refractivity contribution in [2.24, 2.45) is 11.8 Å². The van der Waals surface area contributed by atoms with E-state index >= 15 is 0 Å². The van der Waals surface area contributed by atoms with Crippen LogP contribution in [0.5, 0.6) is 0 Å². The fraction of sp³-hybridized carbons (Fsp3) is 0.600. The Balaban J connectivity index is 1.41. The molecule has 4 heterocycles. The van der Waals surface area contributed by atoms with Crippen molar-refractivity contribution in [3.63, 3.8) is 0 Å². The number of carboxylic acid groups (broad SMARTS) is 2. The van der Waals surface area contributed by atoms with Crippen molar-refractivity contribution >= 4 is 29.6 Å². The maximum absolute atomic E-state index is 12.4. The molecule has 0 aliphatic carbocycles. The molecule has 10 nitrogen and oxygen atoms in total. The first kappa shape index (κ1) is 21.8. The minimum absolute atomic E-state index is 0.0482. The zero-order chi connectivity index (χ0) is 22.4. The predicted octanol–water partition coefficient (Wildman–Crippen LogP) is -1.86. The zero-order valence-corrected chi connectivity index (χ0v) is 18.1. The van der Waals surface area contributed by atoms with Crippen molar-refractivity contribution in [1.29, 1.82) is 0 Å². The van der Waals surface area contributed by atoms with Crippen molar-refractivity contribution in [2.75, 3.05) is 6.54 Å². The number of hydrogen-bond acceptors (Lipinski definition) is 7. The van der Waals surface area contributed by atoms with Crippen LogP contribution < -0.4 is 15.0 Å². The third-order valence-corrected chi connectivity index (χ3v) is 7.78. The van der Waals surface area contributed by atoms with Gasteiger partial charge in [-0.2, -0.15) is 0 Å². The van der Waals surface area contributed by atoms with E-state index in [1.807, 2.05) is 17.7 Å². The van der Waals surface area contributed by atoms with E-state index in [0.717, 1.165) is 6.42 Å². The molecular formula is C20H26N4O6S. The van der Waals surface area contributed by atoms with Crippen molar-refractivity contribution < 1.29 is 34.3 Å². The average molecular weight is 451 g/mol. The number of aliphatic hydroxyl groups is 1. The molecule has 2 fully saturated rings. The van der Waals surface area contributed by atoms with Gasteiger partial charge in [0.2, 0.25) is 12.2 Å². The SMILES string of the molecule is C[C@@H](O)[C@H]1C(=O)N2C(C(=O)[O-])=C(S[C@@H]3CN[C@H](Cn4cc[n+](CC(=O)O)c4)C3)[C@H](C)[C@H]12. The minimum Gasteiger partial charge on any atom is -0.543 e. The quantitative estimate of drug-likeness (QED) is 0.310. The van der Waals surface area contributed by atoms with Crippen LogP contribution in [0.15, 0.2) is 29.3 Å². The number of aliphatic hydroxyl groups excluding tert-OH is 1. The maximum atomic E-state index is 12.4. The molecule has 0 unspecified atom stereocenters. The van der Waals surface area contributed by atoms with Gasteiger partial charge in [-0.05, 0) is 13.3 Å². The topological polar surface area (TPSA) is 139 Å². The van der Waals surface area contributed by atoms with Gasteiger partial charge in [0.15, 0.2) is 6.54 Å². The fourth-order valence-corrected chi connectivity index (χ4v) is 6.43. The fourth-order valence-electron chi connectivity index (χ4n) is 4.91. The summed E-state index contributed by atoms with van der Waals surface area (Å²) in [6.45, 7) is 4.73. The van der Waals surface area contributed by atoms with Crippen LogP contribution in [0.2, 0.25) is 0 Å². The second kappa shape index (κ2) is 8.29. The molecule has 168 valence electrons. The van der Waals surface area contributed by atoms with Gasteiger partial charge < -0.3 is 30.3 Å². The Morgan fingerprint density at radius 2 is 2.19 bits per heavy atom. The molecule has 31 heavy (non-hydrogen) atoms. The van der Waals surface area contributed by atoms with Gasteiger partial charge in [0, 0.05) is 28.7 Å². The van der Waals surface area contributed by atoms with Gasteiger partial charge in [0.05, 0.1) is 29.7 Å². The van der Waals surface area contributed by atoms with Crippen LogP contribution in [0.4, 0.5) is 0 Å². The Labute approximate surface area is 183 Å². The normalized spacial score (nSPS) is 31.0. The summed E-state index contributed by atoms with van der Waals surface area (Å²) in [6.07, 6.45) is 5.27. The Hall–Kier alpha value is -2.37. The first-order chi connectivity index (χ1) is 14.7. The van der Waals surface area contributed by atoms with E-state index in [2.05, 4.69) is 5.32 Å². The molecule has 0 bridgehead atoms. The molecule has 3 N–H and O–H groups in total. The second-order valence-corrected chi connectivity index (χ2v) is 9.85. The molecular weight excluding hydrogens is 424 g/mol. The van der Waals surface area contributed by atoms with Crippen LogP contribution in [-0.4, -0.2) is 67.5 Å². The lowest BCUT2D eigenvalue weighted by Gasteiger charge is -2.47. The molecule has 3 aliphatic rings. The molecule has 1 amide bonds. The third-order valence-electron chi connectivity index (χ3n) is 6.27. The summed E-state index contributed by atoms with van der Waals surface area (Å²) in [7, 11) is 0. The van der Waals surface area contributed by atoms with E-state index in [4.69, 9.17) is 5.11 Å². The number of aromatic nitrogens is 2. The number of amides is 1. The van der Waals surface area contributed by atoms with Gasteiger partial charge in [-0.1, -0.05) is 6.92 Å². The first-order valence-electron chi connectivity index (χ1n) is 10.3. The highest BCUT2D eigenvalue weighted by molar-refractivity contribution is 8.03. The lowest BCUT2D eigenvalue weighted by atomic mass is 9.79. The number of carbonyl (C=O) groups excluding carboxylic acids is 2. The molecule has 1 aromatic rings. The molecule has 2 saturated heterocycles. The highest BCUT2D eigenvalue weighted by Crippen LogP contribution is 2.51. The molecule has 0 aromatic carbocycles. The van der Waals surface area contributed by atoms with E-state index in [9.17, 15) is 24.6 Å². The molecule has 1 aromatic heterocycles. The number of thioether (sulfide) groups is 1. The van der Waals surface area contributed by atoms with Crippen LogP contribution >= 0.6 is 11.8 Å². The van der Waals surface area contributed by atoms with Crippen molar-refractivity contribution in [2.45, 2.75) is 56.8 Å². The smallest absolute Gasteiger partial charge is 0.346 e. The van der Waals surface area contributed by atoms with Crippen molar-refractivity contribution in [1.82, 2.24) is 14.8 Å². The summed E-state index contributed by atoms with van der Waals surface area (Å²) in [5.41, 5.74) is -0.0482. The molecule has 11 heteroatoms. The highest BCUT2D eigenvalue weighted by atomic mass is 32.2. The monoisotopic (exact) mass is 450 g/mol. The Bertz CT molecular complexity index is 944. The third kappa shape index (κ3) is 3.97. The maximum Gasteiger partial charge on any atom is 0.346 e. The first-order valence-corrected chi connectivity index (χ1v) is 11.2. The second-order valence-electron chi connectivity index (χ2n) is 8.51. The number of hydrogen-bond donors (Lipinski definition) is 3. The number of fused-ring (bicyclic) bond motifs is 1. The molecule has 4 rings (SSSR count). The van der Waals surface area contributed by atoms with Crippen molar-refractivity contribution in [3.8, 4) is 0 Å². The summed E-state index contributed by atoms with van der Waals surface area (Å²) < 4.78 is 3.52. The van der Waals surface area contributed by atoms with Crippen LogP contribution in [-0.2, 0) is 27.5 Å². The van der Waals surface area contributed by atoms with Gasteiger partial charge >= 0.3 is 5.97 Å². The number of nitrogens with one attached hydrogen (secondary N) is 1. The predicted molar refractivity (Wildman–Crippen MR) is 107 cm³/mol. The summed E-state index contributed by atoms with van der Waals surface area (Å²) >= 11 is 1.48. The van der Waals surface area contributed by atoms with Crippen LogP contribution in [0.25, 0.3) is 0 Å². The minimum atomic E-state index is -1.35. The van der Waals surface area contributed by atoms with E-state index in [1.165, 1.54) is 16.7 Å². The van der Waals surface area contributed by atoms with E-state index in [0.29, 0.717) is 18.0 Å². The zero-order valence-electron chi connectivity index (χ0n) is 17.3. The standard InChI is InChI=1S/C20H26N4O6S/c1-10-16-15(11(2)25)19(28)24(16)17(20(29)30)18(10)31-13-5-12(21-6-13)7-22-3-4-23(9-22)8-14(26)27/h3-4,9-13,15-16,21,25H,5-8H2,1-2H3,(H-,26,27,29,30)/t10-,11-,12+,13+,15-,16-/m1/s1. The van der Waals surface area contributed by atoms with Crippen LogP contribution in [0.3, 0.4) is 0 Å². The lowest BCUT2D eigenvalue weighted by Crippen LogP contribution is -2.64. The molecule has 0 spiro atoms. The van der Waals surface area contributed by atoms with Gasteiger partial charge in [0.25, 0.3) is 0 Å². The van der Waals surface area contributed by atoms with Gasteiger partial charge in [0.1, 0.15) is 18.9 Å². The summed E-state index contributed by atoms with van der Waals surface area (Å²) in [5.74, 6) is -3.36. The van der Waals surface area contributed by atoms with Gasteiger partial charge in [-0.25, -0.2) is 13.9 Å². The van der Waals surface area contributed by atoms with Crippen LogP contribution in [0, 0.1) is 11.8 Å². The summed E-state index contributed by atoms with van der Waals surface area (Å²) in [5, 5.41) is 34.2. The van der Waals surface area contributed by atoms with Gasteiger partial charge in [-0.15, -0.1) is 11.8 Å². The molecule has 3 aliphatic heterocycles. The van der Waals surface area contributed by atoms with E-state index in [-0.39, 0.29) is 41.4 Å². The number of β-lactam (4-membered cyclic amide) rings is 1. The summed E-state index contributed by atoms with van der Waals surface area (Å²) in [6, 6.07) is -0.173. The Kier molecular flexibility index (Phi) is 5.84. The van der Waals surface area contributed by atoms with E-state index < -0.39 is 24.0 Å². The average Bonchev–Trinajstić information content (AvgIpc) is 3.34. The van der Waals surface area contributed by atoms with Gasteiger partial charge in [-0.3, -0.25) is 4.79 Å². The lowest BCUT2D eigenvalue weighted by molar-refractivity contribution is -0.685. The molecule has 0 saturated carbocycles. The largest absolute Gasteiger partial charge is 0.543 e. The number of rotatable bonds is 8. The Morgan fingerprint density at radius 1 is 1.45 bits per heavy atom. The number of aliphatic carboxylic acids is 2. The van der Waals surface area contributed by atoms with Crippen molar-refractivity contribution in [3.05, 3.63) is 29.3 Å². The molecule has 0 radical (unpaired) electrons. The number of imidazole rings is 1. The highest BCUT2D eigenvalue weighted by Gasteiger charge is 2.58. The number of carboxylic acids is 2. The molecule has 6 atom stereocenters. The number of carbonyl (C=O) groups is 3. The summed E-state index contributed by atoms with van der Waals surface area (Å²) in [4.78, 5) is 37.0. The number of nitrogens with zero attached hydrogens (tertiary/aromatic N) is 3. The van der Waals surface area contributed by atoms with Crippen LogP contribution in [0.1, 0.15) is 20.3 Å².